The highest BCUT2D eigenvalue weighted by molar-refractivity contribution is 5.76. The molecule has 22 heavy (non-hydrogen) atoms. The molecule has 1 aliphatic rings. The fraction of sp³-hybridized carbons (Fsp3) is 0.600. The SMILES string of the molecule is CCc1nc([C@H]2CCCN2C(=O)CCCn2cccn2)no1. The summed E-state index contributed by atoms with van der Waals surface area (Å²) in [6.07, 6.45) is 7.59. The Labute approximate surface area is 129 Å². The first-order valence-electron chi connectivity index (χ1n) is 7.87. The first-order chi connectivity index (χ1) is 10.8. The van der Waals surface area contributed by atoms with E-state index in [0.29, 0.717) is 18.1 Å². The first kappa shape index (κ1) is 14.7. The van der Waals surface area contributed by atoms with Gasteiger partial charge in [-0.3, -0.25) is 9.48 Å². The van der Waals surface area contributed by atoms with Crippen molar-refractivity contribution in [2.24, 2.45) is 0 Å². The molecule has 2 aromatic heterocycles. The average Bonchev–Trinajstić information content (AvgIpc) is 3.27. The van der Waals surface area contributed by atoms with E-state index < -0.39 is 0 Å². The summed E-state index contributed by atoms with van der Waals surface area (Å²) in [5.74, 6) is 1.44. The molecule has 1 aliphatic heterocycles. The number of amides is 1. The van der Waals surface area contributed by atoms with E-state index in [-0.39, 0.29) is 11.9 Å². The third kappa shape index (κ3) is 3.18. The zero-order valence-corrected chi connectivity index (χ0v) is 12.8. The van der Waals surface area contributed by atoms with Crippen molar-refractivity contribution < 1.29 is 9.32 Å². The number of hydrogen-bond acceptors (Lipinski definition) is 5. The third-order valence-corrected chi connectivity index (χ3v) is 3.99. The van der Waals surface area contributed by atoms with Crippen LogP contribution >= 0.6 is 0 Å². The summed E-state index contributed by atoms with van der Waals surface area (Å²) in [5, 5.41) is 8.17. The number of aryl methyl sites for hydroxylation is 2. The average molecular weight is 303 g/mol. The Balaban J connectivity index is 1.56. The van der Waals surface area contributed by atoms with Gasteiger partial charge in [0.2, 0.25) is 11.8 Å². The van der Waals surface area contributed by atoms with E-state index in [1.54, 1.807) is 6.20 Å². The molecule has 0 unspecified atom stereocenters. The van der Waals surface area contributed by atoms with Crippen molar-refractivity contribution >= 4 is 5.91 Å². The maximum Gasteiger partial charge on any atom is 0.226 e. The van der Waals surface area contributed by atoms with Crippen LogP contribution in [0, 0.1) is 0 Å². The van der Waals surface area contributed by atoms with Gasteiger partial charge in [0.25, 0.3) is 0 Å². The van der Waals surface area contributed by atoms with Gasteiger partial charge in [-0.15, -0.1) is 0 Å². The van der Waals surface area contributed by atoms with Crippen LogP contribution in [0.25, 0.3) is 0 Å². The Kier molecular flexibility index (Phi) is 4.50. The maximum absolute atomic E-state index is 12.4. The van der Waals surface area contributed by atoms with Gasteiger partial charge in [0.1, 0.15) is 0 Å². The van der Waals surface area contributed by atoms with Crippen molar-refractivity contribution in [2.75, 3.05) is 6.54 Å². The highest BCUT2D eigenvalue weighted by Crippen LogP contribution is 2.30. The van der Waals surface area contributed by atoms with Crippen molar-refractivity contribution in [1.82, 2.24) is 24.8 Å². The van der Waals surface area contributed by atoms with Crippen molar-refractivity contribution in [1.29, 1.82) is 0 Å². The predicted molar refractivity (Wildman–Crippen MR) is 78.8 cm³/mol. The Morgan fingerprint density at radius 3 is 3.14 bits per heavy atom. The largest absolute Gasteiger partial charge is 0.339 e. The molecular weight excluding hydrogens is 282 g/mol. The molecule has 0 radical (unpaired) electrons. The molecule has 1 amide bonds. The van der Waals surface area contributed by atoms with E-state index in [0.717, 1.165) is 38.8 Å². The van der Waals surface area contributed by atoms with Gasteiger partial charge < -0.3 is 9.42 Å². The molecule has 3 rings (SSSR count). The molecule has 0 N–H and O–H groups in total. The Bertz CT molecular complexity index is 607. The summed E-state index contributed by atoms with van der Waals surface area (Å²) in [4.78, 5) is 18.7. The molecule has 1 atom stereocenters. The van der Waals surface area contributed by atoms with Crippen LogP contribution in [-0.4, -0.2) is 37.3 Å². The van der Waals surface area contributed by atoms with Crippen LogP contribution in [0.3, 0.4) is 0 Å². The van der Waals surface area contributed by atoms with Gasteiger partial charge in [0.15, 0.2) is 5.82 Å². The molecule has 7 heteroatoms. The van der Waals surface area contributed by atoms with E-state index in [2.05, 4.69) is 15.2 Å². The fourth-order valence-corrected chi connectivity index (χ4v) is 2.85. The smallest absolute Gasteiger partial charge is 0.226 e. The number of nitrogens with zero attached hydrogens (tertiary/aromatic N) is 5. The number of aromatic nitrogens is 4. The summed E-state index contributed by atoms with van der Waals surface area (Å²) in [5.41, 5.74) is 0. The van der Waals surface area contributed by atoms with Crippen molar-refractivity contribution in [3.05, 3.63) is 30.2 Å². The standard InChI is InChI=1S/C15H21N5O2/c1-2-13-17-15(18-22-13)12-6-3-11-20(12)14(21)7-4-9-19-10-5-8-16-19/h5,8,10,12H,2-4,6-7,9,11H2,1H3/t12-/m1/s1. The van der Waals surface area contributed by atoms with Gasteiger partial charge in [0, 0.05) is 38.3 Å². The molecule has 2 aromatic rings. The highest BCUT2D eigenvalue weighted by atomic mass is 16.5. The second-order valence-electron chi connectivity index (χ2n) is 5.52. The van der Waals surface area contributed by atoms with Crippen molar-refractivity contribution in [3.8, 4) is 0 Å². The molecular formula is C15H21N5O2. The summed E-state index contributed by atoms with van der Waals surface area (Å²) < 4.78 is 7.02. The van der Waals surface area contributed by atoms with E-state index in [4.69, 9.17) is 4.52 Å². The second-order valence-corrected chi connectivity index (χ2v) is 5.52. The van der Waals surface area contributed by atoms with Crippen LogP contribution < -0.4 is 0 Å². The molecule has 0 spiro atoms. The highest BCUT2D eigenvalue weighted by Gasteiger charge is 2.32. The monoisotopic (exact) mass is 303 g/mol. The van der Waals surface area contributed by atoms with Crippen LogP contribution in [-0.2, 0) is 17.8 Å². The molecule has 0 bridgehead atoms. The Hall–Kier alpha value is -2.18. The topological polar surface area (TPSA) is 77.1 Å². The van der Waals surface area contributed by atoms with Crippen LogP contribution in [0.15, 0.2) is 23.0 Å². The normalized spacial score (nSPS) is 18.0. The van der Waals surface area contributed by atoms with E-state index in [1.807, 2.05) is 28.8 Å². The Morgan fingerprint density at radius 2 is 2.41 bits per heavy atom. The fourth-order valence-electron chi connectivity index (χ4n) is 2.85. The number of hydrogen-bond donors (Lipinski definition) is 0. The van der Waals surface area contributed by atoms with Gasteiger partial charge >= 0.3 is 0 Å². The van der Waals surface area contributed by atoms with E-state index in [9.17, 15) is 4.79 Å². The zero-order chi connectivity index (χ0) is 15.4. The van der Waals surface area contributed by atoms with Gasteiger partial charge in [-0.1, -0.05) is 12.1 Å². The summed E-state index contributed by atoms with van der Waals surface area (Å²) in [6, 6.07) is 1.86. The first-order valence-corrected chi connectivity index (χ1v) is 7.87. The Morgan fingerprint density at radius 1 is 1.50 bits per heavy atom. The van der Waals surface area contributed by atoms with E-state index in [1.165, 1.54) is 0 Å². The van der Waals surface area contributed by atoms with Gasteiger partial charge in [-0.25, -0.2) is 0 Å². The van der Waals surface area contributed by atoms with Crippen LogP contribution in [0.1, 0.15) is 50.4 Å². The lowest BCUT2D eigenvalue weighted by Crippen LogP contribution is -2.31. The van der Waals surface area contributed by atoms with Crippen LogP contribution in [0.5, 0.6) is 0 Å². The molecule has 1 saturated heterocycles. The summed E-state index contributed by atoms with van der Waals surface area (Å²) in [7, 11) is 0. The number of carbonyl (C=O) groups excluding carboxylic acids is 1. The van der Waals surface area contributed by atoms with Crippen LogP contribution in [0.4, 0.5) is 0 Å². The molecule has 1 fully saturated rings. The maximum atomic E-state index is 12.4. The number of carbonyl (C=O) groups is 1. The zero-order valence-electron chi connectivity index (χ0n) is 12.8. The summed E-state index contributed by atoms with van der Waals surface area (Å²) >= 11 is 0. The lowest BCUT2D eigenvalue weighted by Gasteiger charge is -2.22. The lowest BCUT2D eigenvalue weighted by atomic mass is 10.2. The number of likely N-dealkylation sites (tertiary alicyclic amines) is 1. The third-order valence-electron chi connectivity index (χ3n) is 3.99. The lowest BCUT2D eigenvalue weighted by molar-refractivity contribution is -0.132. The molecule has 0 aliphatic carbocycles. The minimum absolute atomic E-state index is 0.0266. The second kappa shape index (κ2) is 6.72. The molecule has 0 saturated carbocycles. The quantitative estimate of drug-likeness (QED) is 0.815. The molecule has 0 aromatic carbocycles. The molecule has 118 valence electrons. The van der Waals surface area contributed by atoms with Gasteiger partial charge in [-0.2, -0.15) is 10.1 Å². The minimum Gasteiger partial charge on any atom is -0.339 e. The summed E-state index contributed by atoms with van der Waals surface area (Å²) in [6.45, 7) is 3.52. The van der Waals surface area contributed by atoms with Crippen molar-refractivity contribution in [3.63, 3.8) is 0 Å². The molecule has 3 heterocycles. The van der Waals surface area contributed by atoms with Gasteiger partial charge in [-0.05, 0) is 25.3 Å². The molecule has 7 nitrogen and oxygen atoms in total. The van der Waals surface area contributed by atoms with Crippen LogP contribution in [0.2, 0.25) is 0 Å². The van der Waals surface area contributed by atoms with Gasteiger partial charge in [0.05, 0.1) is 6.04 Å². The minimum atomic E-state index is -0.0266. The predicted octanol–water partition coefficient (Wildman–Crippen LogP) is 1.97. The number of rotatable bonds is 6. The van der Waals surface area contributed by atoms with Crippen molar-refractivity contribution in [2.45, 2.75) is 51.6 Å². The van der Waals surface area contributed by atoms with E-state index >= 15 is 0 Å².